The summed E-state index contributed by atoms with van der Waals surface area (Å²) in [4.78, 5) is 36.1. The lowest BCUT2D eigenvalue weighted by atomic mass is 10.1. The van der Waals surface area contributed by atoms with E-state index in [-0.39, 0.29) is 5.56 Å². The highest BCUT2D eigenvalue weighted by Gasteiger charge is 2.32. The van der Waals surface area contributed by atoms with Crippen LogP contribution in [0.25, 0.3) is 12.2 Å². The van der Waals surface area contributed by atoms with Crippen LogP contribution in [0.2, 0.25) is 0 Å². The fourth-order valence-corrected chi connectivity index (χ4v) is 1.87. The van der Waals surface area contributed by atoms with Gasteiger partial charge in [-0.3, -0.25) is 19.9 Å². The number of aromatic amines is 2. The van der Waals surface area contributed by atoms with Crippen LogP contribution < -0.4 is 11.2 Å². The molecule has 120 valence electrons. The normalized spacial score (nSPS) is 11.8. The number of nitrogens with one attached hydrogen (secondary N) is 2. The Labute approximate surface area is 125 Å². The zero-order valence-corrected chi connectivity index (χ0v) is 11.2. The molecule has 0 aliphatic carbocycles. The molecule has 0 bridgehead atoms. The fourth-order valence-electron chi connectivity index (χ4n) is 1.87. The van der Waals surface area contributed by atoms with Gasteiger partial charge in [0.15, 0.2) is 0 Å². The molecule has 2 N–H and O–H groups in total. The number of H-pyrrole nitrogens is 2. The van der Waals surface area contributed by atoms with Crippen LogP contribution in [0, 0.1) is 10.1 Å². The number of hydrogen-bond donors (Lipinski definition) is 2. The largest absolute Gasteiger partial charge is 0.416 e. The number of nitro groups is 1. The highest BCUT2D eigenvalue weighted by atomic mass is 19.4. The molecule has 0 saturated heterocycles. The van der Waals surface area contributed by atoms with Crippen LogP contribution in [0.15, 0.2) is 33.9 Å². The monoisotopic (exact) mass is 327 g/mol. The molecule has 7 nitrogen and oxygen atoms in total. The molecule has 0 fully saturated rings. The maximum atomic E-state index is 12.9. The fraction of sp³-hybridized carbons (Fsp3) is 0.0769. The minimum Gasteiger partial charge on any atom is -0.301 e. The Morgan fingerprint density at radius 2 is 1.74 bits per heavy atom. The Morgan fingerprint density at radius 1 is 1.09 bits per heavy atom. The van der Waals surface area contributed by atoms with Gasteiger partial charge in [0, 0.05) is 0 Å². The van der Waals surface area contributed by atoms with E-state index in [0.29, 0.717) is 0 Å². The van der Waals surface area contributed by atoms with Gasteiger partial charge in [-0.15, -0.1) is 0 Å². The lowest BCUT2D eigenvalue weighted by Gasteiger charge is -2.09. The van der Waals surface area contributed by atoms with E-state index in [2.05, 4.69) is 0 Å². The van der Waals surface area contributed by atoms with Gasteiger partial charge in [-0.2, -0.15) is 13.2 Å². The summed E-state index contributed by atoms with van der Waals surface area (Å²) >= 11 is 0. The summed E-state index contributed by atoms with van der Waals surface area (Å²) in [5, 5.41) is 10.8. The molecule has 1 aromatic heterocycles. The molecular formula is C13H8F3N3O4. The van der Waals surface area contributed by atoms with Crippen LogP contribution in [-0.4, -0.2) is 14.9 Å². The maximum Gasteiger partial charge on any atom is 0.416 e. The van der Waals surface area contributed by atoms with Gasteiger partial charge in [-0.05, 0) is 17.7 Å². The summed E-state index contributed by atoms with van der Waals surface area (Å²) in [5.41, 5.74) is -4.94. The molecule has 10 heteroatoms. The first-order chi connectivity index (χ1) is 10.7. The molecule has 1 heterocycles. The average molecular weight is 327 g/mol. The van der Waals surface area contributed by atoms with Gasteiger partial charge < -0.3 is 4.98 Å². The summed E-state index contributed by atoms with van der Waals surface area (Å²) in [6, 6.07) is 4.53. The summed E-state index contributed by atoms with van der Waals surface area (Å²) in [5.74, 6) is 0. The van der Waals surface area contributed by atoms with Crippen LogP contribution in [0.4, 0.5) is 18.9 Å². The minimum absolute atomic E-state index is 0.268. The Morgan fingerprint density at radius 3 is 2.35 bits per heavy atom. The van der Waals surface area contributed by atoms with Gasteiger partial charge in [-0.25, -0.2) is 4.79 Å². The molecule has 23 heavy (non-hydrogen) atoms. The predicted octanol–water partition coefficient (Wildman–Crippen LogP) is 2.16. The molecule has 0 atom stereocenters. The van der Waals surface area contributed by atoms with Crippen molar-refractivity contribution < 1.29 is 18.1 Å². The molecule has 0 amide bonds. The first-order valence-electron chi connectivity index (χ1n) is 6.05. The van der Waals surface area contributed by atoms with E-state index in [0.717, 1.165) is 24.3 Å². The average Bonchev–Trinajstić information content (AvgIpc) is 2.43. The number of benzene rings is 1. The Balaban J connectivity index is 2.57. The van der Waals surface area contributed by atoms with Crippen molar-refractivity contribution in [3.63, 3.8) is 0 Å². The second-order valence-electron chi connectivity index (χ2n) is 4.35. The topological polar surface area (TPSA) is 109 Å². The Hall–Kier alpha value is -3.17. The summed E-state index contributed by atoms with van der Waals surface area (Å²) < 4.78 is 38.6. The lowest BCUT2D eigenvalue weighted by Crippen LogP contribution is -2.25. The van der Waals surface area contributed by atoms with Gasteiger partial charge in [0.2, 0.25) is 0 Å². The van der Waals surface area contributed by atoms with E-state index in [9.17, 15) is 32.9 Å². The highest BCUT2D eigenvalue weighted by molar-refractivity contribution is 5.73. The third-order valence-electron chi connectivity index (χ3n) is 2.82. The number of nitrogens with zero attached hydrogens (tertiary/aromatic N) is 1. The van der Waals surface area contributed by atoms with Crippen molar-refractivity contribution in [1.29, 1.82) is 0 Å². The van der Waals surface area contributed by atoms with Crippen molar-refractivity contribution in [1.82, 2.24) is 9.97 Å². The van der Waals surface area contributed by atoms with E-state index in [1.165, 1.54) is 12.1 Å². The van der Waals surface area contributed by atoms with Gasteiger partial charge in [0.25, 0.3) is 0 Å². The number of hydrogen-bond acceptors (Lipinski definition) is 4. The molecule has 0 radical (unpaired) electrons. The second kappa shape index (κ2) is 5.91. The van der Waals surface area contributed by atoms with Crippen molar-refractivity contribution in [3.8, 4) is 0 Å². The molecule has 2 rings (SSSR count). The summed E-state index contributed by atoms with van der Waals surface area (Å²) in [6.45, 7) is 0. The van der Waals surface area contributed by atoms with Gasteiger partial charge in [-0.1, -0.05) is 24.3 Å². The van der Waals surface area contributed by atoms with Gasteiger partial charge >= 0.3 is 23.1 Å². The Kier molecular flexibility index (Phi) is 4.16. The zero-order valence-electron chi connectivity index (χ0n) is 11.2. The van der Waals surface area contributed by atoms with E-state index >= 15 is 0 Å². The maximum absolute atomic E-state index is 12.9. The molecule has 0 unspecified atom stereocenters. The van der Waals surface area contributed by atoms with Crippen molar-refractivity contribution >= 4 is 17.8 Å². The van der Waals surface area contributed by atoms with Crippen molar-refractivity contribution in [2.75, 3.05) is 0 Å². The quantitative estimate of drug-likeness (QED) is 0.665. The minimum atomic E-state index is -4.62. The van der Waals surface area contributed by atoms with Gasteiger partial charge in [0.05, 0.1) is 10.5 Å². The highest BCUT2D eigenvalue weighted by Crippen LogP contribution is 2.32. The standard InChI is InChI=1S/C13H8F3N3O4/c14-13(15,16)8-4-2-1-3-7(8)5-6-9-10(19(22)23)11(20)18-12(21)17-9/h1-6H,(H2,17,18,20,21). The van der Waals surface area contributed by atoms with Crippen LogP contribution in [0.5, 0.6) is 0 Å². The number of aromatic nitrogens is 2. The van der Waals surface area contributed by atoms with Crippen LogP contribution in [-0.2, 0) is 6.18 Å². The molecule has 1 aromatic carbocycles. The second-order valence-corrected chi connectivity index (χ2v) is 4.35. The molecule has 0 spiro atoms. The summed E-state index contributed by atoms with van der Waals surface area (Å²) in [7, 11) is 0. The van der Waals surface area contributed by atoms with E-state index in [1.807, 2.05) is 4.98 Å². The van der Waals surface area contributed by atoms with E-state index in [4.69, 9.17) is 0 Å². The molecule has 0 aliphatic rings. The first-order valence-corrected chi connectivity index (χ1v) is 6.05. The van der Waals surface area contributed by atoms with Crippen LogP contribution >= 0.6 is 0 Å². The number of halogens is 3. The first kappa shape index (κ1) is 16.2. The number of rotatable bonds is 3. The van der Waals surface area contributed by atoms with Crippen molar-refractivity contribution in [3.05, 3.63) is 72.0 Å². The predicted molar refractivity (Wildman–Crippen MR) is 74.7 cm³/mol. The lowest BCUT2D eigenvalue weighted by molar-refractivity contribution is -0.386. The Bertz CT molecular complexity index is 896. The van der Waals surface area contributed by atoms with E-state index < -0.39 is 39.3 Å². The van der Waals surface area contributed by atoms with Crippen molar-refractivity contribution in [2.24, 2.45) is 0 Å². The molecule has 0 aliphatic heterocycles. The third-order valence-corrected chi connectivity index (χ3v) is 2.82. The zero-order chi connectivity index (χ0) is 17.2. The van der Waals surface area contributed by atoms with Crippen LogP contribution in [0.1, 0.15) is 16.8 Å². The SMILES string of the molecule is O=c1[nH]c(C=Cc2ccccc2C(F)(F)F)c([N+](=O)[O-])c(=O)[nH]1. The van der Waals surface area contributed by atoms with E-state index in [1.54, 1.807) is 4.98 Å². The molecule has 2 aromatic rings. The van der Waals surface area contributed by atoms with Crippen LogP contribution in [0.3, 0.4) is 0 Å². The number of alkyl halides is 3. The third kappa shape index (κ3) is 3.54. The molecular weight excluding hydrogens is 319 g/mol. The van der Waals surface area contributed by atoms with Gasteiger partial charge in [0.1, 0.15) is 5.69 Å². The smallest absolute Gasteiger partial charge is 0.301 e. The summed E-state index contributed by atoms with van der Waals surface area (Å²) in [6.07, 6.45) is -2.81. The van der Waals surface area contributed by atoms with Crippen molar-refractivity contribution in [2.45, 2.75) is 6.18 Å². The molecule has 0 saturated carbocycles.